The normalized spacial score (nSPS) is 10.7. The van der Waals surface area contributed by atoms with Crippen molar-refractivity contribution in [2.45, 2.75) is 39.5 Å². The van der Waals surface area contributed by atoms with Crippen molar-refractivity contribution in [3.8, 4) is 0 Å². The number of aryl methyl sites for hydroxylation is 1. The number of carbonyl (C=O) groups excluding carboxylic acids is 2. The fourth-order valence-electron chi connectivity index (χ4n) is 2.49. The van der Waals surface area contributed by atoms with E-state index in [4.69, 9.17) is 0 Å². The number of rotatable bonds is 7. The van der Waals surface area contributed by atoms with Crippen LogP contribution in [0.2, 0.25) is 0 Å². The first-order chi connectivity index (χ1) is 11.5. The van der Waals surface area contributed by atoms with Crippen molar-refractivity contribution in [2.75, 3.05) is 11.9 Å². The Morgan fingerprint density at radius 1 is 1.21 bits per heavy atom. The van der Waals surface area contributed by atoms with Gasteiger partial charge in [-0.25, -0.2) is 0 Å². The minimum atomic E-state index is -0.0855. The summed E-state index contributed by atoms with van der Waals surface area (Å²) in [4.78, 5) is 24.0. The van der Waals surface area contributed by atoms with E-state index in [1.54, 1.807) is 6.07 Å². The number of anilines is 1. The zero-order chi connectivity index (χ0) is 17.5. The maximum Gasteiger partial charge on any atom is 0.252 e. The van der Waals surface area contributed by atoms with Gasteiger partial charge in [0.15, 0.2) is 0 Å². The van der Waals surface area contributed by atoms with E-state index >= 15 is 0 Å². The molecule has 5 heteroatoms. The average Bonchev–Trinajstić information content (AvgIpc) is 3.07. The van der Waals surface area contributed by atoms with Crippen LogP contribution in [0.5, 0.6) is 0 Å². The van der Waals surface area contributed by atoms with Crippen LogP contribution < -0.4 is 10.6 Å². The van der Waals surface area contributed by atoms with E-state index in [0.29, 0.717) is 30.9 Å². The molecule has 0 radical (unpaired) electrons. The number of para-hydroxylation sites is 1. The molecule has 0 aliphatic carbocycles. The molecule has 0 fully saturated rings. The maximum atomic E-state index is 12.2. The summed E-state index contributed by atoms with van der Waals surface area (Å²) >= 11 is 1.49. The number of hydrogen-bond acceptors (Lipinski definition) is 3. The second kappa shape index (κ2) is 8.64. The monoisotopic (exact) mass is 344 g/mol. The van der Waals surface area contributed by atoms with E-state index in [-0.39, 0.29) is 11.8 Å². The predicted octanol–water partition coefficient (Wildman–Crippen LogP) is 4.33. The van der Waals surface area contributed by atoms with Crippen molar-refractivity contribution in [2.24, 2.45) is 0 Å². The molecule has 0 bridgehead atoms. The molecule has 0 unspecified atom stereocenters. The SMILES string of the molecule is Cc1cccc(C(C)C)c1NC(=O)CCCNC(=O)c1ccsc1. The van der Waals surface area contributed by atoms with Gasteiger partial charge in [0, 0.05) is 29.6 Å². The Morgan fingerprint density at radius 3 is 2.67 bits per heavy atom. The van der Waals surface area contributed by atoms with Crippen LogP contribution in [0, 0.1) is 6.92 Å². The highest BCUT2D eigenvalue weighted by Crippen LogP contribution is 2.27. The molecule has 2 aromatic rings. The highest BCUT2D eigenvalue weighted by Gasteiger charge is 2.12. The first-order valence-electron chi connectivity index (χ1n) is 8.18. The molecule has 2 N–H and O–H groups in total. The Balaban J connectivity index is 1.81. The van der Waals surface area contributed by atoms with Crippen molar-refractivity contribution in [3.63, 3.8) is 0 Å². The third-order valence-electron chi connectivity index (χ3n) is 3.84. The lowest BCUT2D eigenvalue weighted by Crippen LogP contribution is -2.25. The number of hydrogen-bond donors (Lipinski definition) is 2. The lowest BCUT2D eigenvalue weighted by molar-refractivity contribution is -0.116. The Hall–Kier alpha value is -2.14. The Labute approximate surface area is 147 Å². The third-order valence-corrected chi connectivity index (χ3v) is 4.52. The molecule has 128 valence electrons. The standard InChI is InChI=1S/C19H24N2O2S/c1-13(2)16-7-4-6-14(3)18(16)21-17(22)8-5-10-20-19(23)15-9-11-24-12-15/h4,6-7,9,11-13H,5,8,10H2,1-3H3,(H,20,23)(H,21,22). The zero-order valence-electron chi connectivity index (χ0n) is 14.4. The van der Waals surface area contributed by atoms with Gasteiger partial charge >= 0.3 is 0 Å². The summed E-state index contributed by atoms with van der Waals surface area (Å²) in [5.74, 6) is 0.249. The highest BCUT2D eigenvalue weighted by atomic mass is 32.1. The fraction of sp³-hybridized carbons (Fsp3) is 0.368. The van der Waals surface area contributed by atoms with Crippen LogP contribution in [0.25, 0.3) is 0 Å². The molecule has 0 aliphatic rings. The van der Waals surface area contributed by atoms with Crippen LogP contribution in [0.4, 0.5) is 5.69 Å². The second-order valence-corrected chi connectivity index (χ2v) is 6.89. The predicted molar refractivity (Wildman–Crippen MR) is 99.8 cm³/mol. The van der Waals surface area contributed by atoms with Crippen LogP contribution in [-0.2, 0) is 4.79 Å². The largest absolute Gasteiger partial charge is 0.352 e. The molecular weight excluding hydrogens is 320 g/mol. The molecule has 0 saturated carbocycles. The minimum absolute atomic E-state index is 0.0176. The molecule has 0 atom stereocenters. The van der Waals surface area contributed by atoms with Gasteiger partial charge in [0.05, 0.1) is 0 Å². The lowest BCUT2D eigenvalue weighted by atomic mass is 9.98. The summed E-state index contributed by atoms with van der Waals surface area (Å²) < 4.78 is 0. The third kappa shape index (κ3) is 4.93. The highest BCUT2D eigenvalue weighted by molar-refractivity contribution is 7.08. The summed E-state index contributed by atoms with van der Waals surface area (Å²) in [5.41, 5.74) is 3.81. The Bertz CT molecular complexity index is 693. The van der Waals surface area contributed by atoms with Gasteiger partial charge in [-0.15, -0.1) is 0 Å². The average molecular weight is 344 g/mol. The summed E-state index contributed by atoms with van der Waals surface area (Å²) in [6.07, 6.45) is 1.00. The van der Waals surface area contributed by atoms with Crippen LogP contribution >= 0.6 is 11.3 Å². The van der Waals surface area contributed by atoms with Crippen molar-refractivity contribution in [1.29, 1.82) is 0 Å². The molecular formula is C19H24N2O2S. The Kier molecular flexibility index (Phi) is 6.55. The smallest absolute Gasteiger partial charge is 0.252 e. The van der Waals surface area contributed by atoms with E-state index in [0.717, 1.165) is 16.8 Å². The molecule has 0 saturated heterocycles. The van der Waals surface area contributed by atoms with Crippen LogP contribution in [-0.4, -0.2) is 18.4 Å². The number of carbonyl (C=O) groups is 2. The number of amides is 2. The van der Waals surface area contributed by atoms with Gasteiger partial charge in [-0.3, -0.25) is 9.59 Å². The molecule has 0 spiro atoms. The van der Waals surface area contributed by atoms with Crippen LogP contribution in [0.15, 0.2) is 35.0 Å². The second-order valence-electron chi connectivity index (χ2n) is 6.11. The van der Waals surface area contributed by atoms with Gasteiger partial charge in [-0.05, 0) is 41.8 Å². The van der Waals surface area contributed by atoms with E-state index in [1.807, 2.05) is 35.9 Å². The molecule has 2 amide bonds. The lowest BCUT2D eigenvalue weighted by Gasteiger charge is -2.16. The zero-order valence-corrected chi connectivity index (χ0v) is 15.2. The van der Waals surface area contributed by atoms with E-state index in [1.165, 1.54) is 11.3 Å². The summed E-state index contributed by atoms with van der Waals surface area (Å²) in [7, 11) is 0. The molecule has 1 aromatic heterocycles. The van der Waals surface area contributed by atoms with Gasteiger partial charge < -0.3 is 10.6 Å². The fourth-order valence-corrected chi connectivity index (χ4v) is 3.13. The van der Waals surface area contributed by atoms with Crippen molar-refractivity contribution >= 4 is 28.8 Å². The van der Waals surface area contributed by atoms with E-state index in [9.17, 15) is 9.59 Å². The van der Waals surface area contributed by atoms with Gasteiger partial charge in [0.2, 0.25) is 5.91 Å². The maximum absolute atomic E-state index is 12.2. The molecule has 0 aliphatic heterocycles. The summed E-state index contributed by atoms with van der Waals surface area (Å²) in [6, 6.07) is 7.86. The number of benzene rings is 1. The van der Waals surface area contributed by atoms with Crippen molar-refractivity contribution in [3.05, 3.63) is 51.7 Å². The summed E-state index contributed by atoms with van der Waals surface area (Å²) in [6.45, 7) is 6.73. The topological polar surface area (TPSA) is 58.2 Å². The van der Waals surface area contributed by atoms with Crippen LogP contribution in [0.3, 0.4) is 0 Å². The first-order valence-corrected chi connectivity index (χ1v) is 9.13. The van der Waals surface area contributed by atoms with Gasteiger partial charge in [0.1, 0.15) is 0 Å². The molecule has 24 heavy (non-hydrogen) atoms. The number of nitrogens with one attached hydrogen (secondary N) is 2. The molecule has 4 nitrogen and oxygen atoms in total. The van der Waals surface area contributed by atoms with Gasteiger partial charge in [0.25, 0.3) is 5.91 Å². The number of thiophene rings is 1. The van der Waals surface area contributed by atoms with E-state index < -0.39 is 0 Å². The van der Waals surface area contributed by atoms with Crippen molar-refractivity contribution in [1.82, 2.24) is 5.32 Å². The molecule has 1 heterocycles. The minimum Gasteiger partial charge on any atom is -0.352 e. The van der Waals surface area contributed by atoms with Gasteiger partial charge in [-0.1, -0.05) is 32.0 Å². The first kappa shape index (κ1) is 18.2. The quantitative estimate of drug-likeness (QED) is 0.735. The van der Waals surface area contributed by atoms with Crippen LogP contribution in [0.1, 0.15) is 54.1 Å². The summed E-state index contributed by atoms with van der Waals surface area (Å²) in [5, 5.41) is 9.54. The molecule has 1 aromatic carbocycles. The van der Waals surface area contributed by atoms with Crippen molar-refractivity contribution < 1.29 is 9.59 Å². The Morgan fingerprint density at radius 2 is 2.00 bits per heavy atom. The van der Waals surface area contributed by atoms with E-state index in [2.05, 4.69) is 24.5 Å². The molecule has 2 rings (SSSR count). The van der Waals surface area contributed by atoms with Gasteiger partial charge in [-0.2, -0.15) is 11.3 Å².